The van der Waals surface area contributed by atoms with Crippen molar-refractivity contribution in [2.24, 2.45) is 5.73 Å². The van der Waals surface area contributed by atoms with Gasteiger partial charge in [0.05, 0.1) is 11.9 Å². The number of benzene rings is 2. The van der Waals surface area contributed by atoms with Crippen LogP contribution in [0.1, 0.15) is 35.7 Å². The third kappa shape index (κ3) is 5.32. The summed E-state index contributed by atoms with van der Waals surface area (Å²) in [5.41, 5.74) is 11.1. The zero-order valence-electron chi connectivity index (χ0n) is 19.6. The van der Waals surface area contributed by atoms with E-state index in [1.54, 1.807) is 41.8 Å². The van der Waals surface area contributed by atoms with Crippen molar-refractivity contribution in [2.75, 3.05) is 11.9 Å². The molecule has 0 radical (unpaired) electrons. The van der Waals surface area contributed by atoms with E-state index in [-0.39, 0.29) is 5.92 Å². The largest absolute Gasteiger partial charge is 0.405 e. The standard InChI is InChI=1S/C26H24F3N5O2/c1-15(2)23-19(7-4-8-20(23)24(30)35)16-9-10-34-21(13-31-22(34)12-16)17-5-3-6-18(11-17)33-25(36)32-14-26(27,28)29/h3-13,15H,14H2,1-2H3,(H2,30,35)(H2,32,33,36). The van der Waals surface area contributed by atoms with Crippen LogP contribution in [0, 0.1) is 0 Å². The molecule has 3 amide bonds. The molecular weight excluding hydrogens is 471 g/mol. The van der Waals surface area contributed by atoms with E-state index in [1.165, 1.54) is 0 Å². The Morgan fingerprint density at radius 1 is 1.06 bits per heavy atom. The molecule has 0 unspecified atom stereocenters. The molecule has 0 bridgehead atoms. The SMILES string of the molecule is CC(C)c1c(C(N)=O)cccc1-c1ccn2c(-c3cccc(NC(=O)NCC(F)(F)F)c3)cnc2c1. The van der Waals surface area contributed by atoms with Crippen LogP contribution < -0.4 is 16.4 Å². The zero-order valence-corrected chi connectivity index (χ0v) is 19.6. The molecule has 10 heteroatoms. The maximum atomic E-state index is 12.3. The summed E-state index contributed by atoms with van der Waals surface area (Å²) < 4.78 is 38.9. The molecule has 2 heterocycles. The van der Waals surface area contributed by atoms with Gasteiger partial charge in [0.1, 0.15) is 12.2 Å². The average Bonchev–Trinajstić information content (AvgIpc) is 3.25. The Morgan fingerprint density at radius 3 is 2.50 bits per heavy atom. The van der Waals surface area contributed by atoms with E-state index in [0.717, 1.165) is 22.4 Å². The van der Waals surface area contributed by atoms with Gasteiger partial charge >= 0.3 is 12.2 Å². The molecule has 0 saturated carbocycles. The molecule has 4 aromatic rings. The molecule has 0 spiro atoms. The van der Waals surface area contributed by atoms with E-state index in [4.69, 9.17) is 5.73 Å². The van der Waals surface area contributed by atoms with Gasteiger partial charge < -0.3 is 16.4 Å². The van der Waals surface area contributed by atoms with E-state index in [2.05, 4.69) is 10.3 Å². The lowest BCUT2D eigenvalue weighted by Gasteiger charge is -2.17. The second-order valence-electron chi connectivity index (χ2n) is 8.58. The molecule has 7 nitrogen and oxygen atoms in total. The van der Waals surface area contributed by atoms with Crippen LogP contribution in [-0.4, -0.2) is 34.0 Å². The van der Waals surface area contributed by atoms with Crippen LogP contribution in [0.15, 0.2) is 67.0 Å². The van der Waals surface area contributed by atoms with Gasteiger partial charge in [0.25, 0.3) is 0 Å². The summed E-state index contributed by atoms with van der Waals surface area (Å²) in [4.78, 5) is 28.3. The predicted molar refractivity (Wildman–Crippen MR) is 132 cm³/mol. The summed E-state index contributed by atoms with van der Waals surface area (Å²) >= 11 is 0. The Bertz CT molecular complexity index is 1440. The minimum absolute atomic E-state index is 0.0683. The van der Waals surface area contributed by atoms with Crippen molar-refractivity contribution in [3.63, 3.8) is 0 Å². The number of carbonyl (C=O) groups excluding carboxylic acids is 2. The second-order valence-corrected chi connectivity index (χ2v) is 8.58. The van der Waals surface area contributed by atoms with Crippen LogP contribution in [0.5, 0.6) is 0 Å². The molecule has 4 N–H and O–H groups in total. The highest BCUT2D eigenvalue weighted by molar-refractivity contribution is 5.97. The predicted octanol–water partition coefficient (Wildman–Crippen LogP) is 5.57. The van der Waals surface area contributed by atoms with Crippen LogP contribution in [-0.2, 0) is 0 Å². The Morgan fingerprint density at radius 2 is 1.81 bits per heavy atom. The lowest BCUT2D eigenvalue weighted by Crippen LogP contribution is -2.36. The van der Waals surface area contributed by atoms with Gasteiger partial charge in [-0.3, -0.25) is 9.20 Å². The molecule has 36 heavy (non-hydrogen) atoms. The first-order valence-electron chi connectivity index (χ1n) is 11.2. The normalized spacial score (nSPS) is 11.6. The molecule has 0 saturated heterocycles. The van der Waals surface area contributed by atoms with E-state index >= 15 is 0 Å². The summed E-state index contributed by atoms with van der Waals surface area (Å²) in [5.74, 6) is -0.413. The van der Waals surface area contributed by atoms with Crippen molar-refractivity contribution in [2.45, 2.75) is 25.9 Å². The van der Waals surface area contributed by atoms with Crippen LogP contribution in [0.4, 0.5) is 23.7 Å². The van der Waals surface area contributed by atoms with Crippen molar-refractivity contribution >= 4 is 23.3 Å². The number of nitrogens with one attached hydrogen (secondary N) is 2. The fourth-order valence-corrected chi connectivity index (χ4v) is 4.13. The quantitative estimate of drug-likeness (QED) is 0.326. The summed E-state index contributed by atoms with van der Waals surface area (Å²) in [6.07, 6.45) is -0.971. The van der Waals surface area contributed by atoms with Crippen LogP contribution in [0.25, 0.3) is 28.0 Å². The van der Waals surface area contributed by atoms with Gasteiger partial charge in [-0.25, -0.2) is 9.78 Å². The number of alkyl halides is 3. The molecular formula is C26H24F3N5O2. The number of carbonyl (C=O) groups is 2. The van der Waals surface area contributed by atoms with Gasteiger partial charge in [-0.1, -0.05) is 38.1 Å². The highest BCUT2D eigenvalue weighted by atomic mass is 19.4. The van der Waals surface area contributed by atoms with Gasteiger partial charge in [-0.2, -0.15) is 13.2 Å². The summed E-state index contributed by atoms with van der Waals surface area (Å²) in [6.45, 7) is 2.58. The molecule has 0 fully saturated rings. The number of primary amides is 1. The van der Waals surface area contributed by atoms with Crippen molar-refractivity contribution in [1.29, 1.82) is 0 Å². The Hall–Kier alpha value is -4.34. The van der Waals surface area contributed by atoms with E-state index in [0.29, 0.717) is 22.5 Å². The number of amides is 3. The van der Waals surface area contributed by atoms with Gasteiger partial charge in [-0.05, 0) is 52.9 Å². The summed E-state index contributed by atoms with van der Waals surface area (Å²) in [6, 6.07) is 15.1. The first-order valence-corrected chi connectivity index (χ1v) is 11.2. The first-order chi connectivity index (χ1) is 17.0. The minimum atomic E-state index is -4.49. The van der Waals surface area contributed by atoms with Gasteiger partial charge in [-0.15, -0.1) is 0 Å². The smallest absolute Gasteiger partial charge is 0.366 e. The summed E-state index contributed by atoms with van der Waals surface area (Å²) in [5, 5.41) is 4.19. The first kappa shape index (κ1) is 24.8. The third-order valence-electron chi connectivity index (χ3n) is 5.64. The average molecular weight is 496 g/mol. The van der Waals surface area contributed by atoms with Crippen molar-refractivity contribution in [1.82, 2.24) is 14.7 Å². The highest BCUT2D eigenvalue weighted by Gasteiger charge is 2.27. The number of nitrogens with zero attached hydrogens (tertiary/aromatic N) is 2. The van der Waals surface area contributed by atoms with Crippen LogP contribution >= 0.6 is 0 Å². The lowest BCUT2D eigenvalue weighted by atomic mass is 9.88. The fourth-order valence-electron chi connectivity index (χ4n) is 4.13. The minimum Gasteiger partial charge on any atom is -0.366 e. The molecule has 0 atom stereocenters. The van der Waals surface area contributed by atoms with Gasteiger partial charge in [0.2, 0.25) is 5.91 Å². The van der Waals surface area contributed by atoms with Crippen molar-refractivity contribution in [3.05, 3.63) is 78.1 Å². The van der Waals surface area contributed by atoms with Crippen molar-refractivity contribution in [3.8, 4) is 22.4 Å². The number of rotatable bonds is 6. The zero-order chi connectivity index (χ0) is 26.0. The van der Waals surface area contributed by atoms with E-state index in [9.17, 15) is 22.8 Å². The van der Waals surface area contributed by atoms with Crippen molar-refractivity contribution < 1.29 is 22.8 Å². The molecule has 0 aliphatic rings. The maximum Gasteiger partial charge on any atom is 0.405 e. The summed E-state index contributed by atoms with van der Waals surface area (Å²) in [7, 11) is 0. The second kappa shape index (κ2) is 9.73. The van der Waals surface area contributed by atoms with Gasteiger partial charge in [0, 0.05) is 23.0 Å². The number of imidazole rings is 1. The number of fused-ring (bicyclic) bond motifs is 1. The lowest BCUT2D eigenvalue weighted by molar-refractivity contribution is -0.122. The number of pyridine rings is 1. The number of nitrogens with two attached hydrogens (primary N) is 1. The molecule has 0 aliphatic carbocycles. The third-order valence-corrected chi connectivity index (χ3v) is 5.64. The van der Waals surface area contributed by atoms with E-state index in [1.807, 2.05) is 48.7 Å². The molecule has 2 aromatic carbocycles. The van der Waals surface area contributed by atoms with Gasteiger partial charge in [0.15, 0.2) is 0 Å². The fraction of sp³-hybridized carbons (Fsp3) is 0.192. The number of halogens is 3. The topological polar surface area (TPSA) is 102 Å². The van der Waals surface area contributed by atoms with Crippen LogP contribution in [0.3, 0.4) is 0 Å². The van der Waals surface area contributed by atoms with Crippen LogP contribution in [0.2, 0.25) is 0 Å². The number of urea groups is 1. The molecule has 0 aliphatic heterocycles. The number of anilines is 1. The molecule has 2 aromatic heterocycles. The Labute approximate surface area is 205 Å². The number of hydrogen-bond acceptors (Lipinski definition) is 3. The van der Waals surface area contributed by atoms with E-state index < -0.39 is 24.7 Å². The Balaban J connectivity index is 1.65. The number of hydrogen-bond donors (Lipinski definition) is 3. The molecule has 4 rings (SSSR count). The number of aromatic nitrogens is 2. The monoisotopic (exact) mass is 495 g/mol. The molecule has 186 valence electrons. The Kier molecular flexibility index (Phi) is 6.69. The highest BCUT2D eigenvalue weighted by Crippen LogP contribution is 2.33. The maximum absolute atomic E-state index is 12.3.